The van der Waals surface area contributed by atoms with Crippen LogP contribution < -0.4 is 5.32 Å². The van der Waals surface area contributed by atoms with Crippen LogP contribution in [0.5, 0.6) is 0 Å². The quantitative estimate of drug-likeness (QED) is 0.801. The molecule has 1 unspecified atom stereocenters. The molecule has 0 amide bonds. The first-order valence-corrected chi connectivity index (χ1v) is 5.86. The Balaban J connectivity index is 2.14. The SMILES string of the molecule is Cc1ncccc1-c1nnc2n1CCNC2C. The molecule has 2 aromatic rings. The van der Waals surface area contributed by atoms with Gasteiger partial charge in [0.2, 0.25) is 0 Å². The Morgan fingerprint density at radius 3 is 3.12 bits per heavy atom. The topological polar surface area (TPSA) is 55.6 Å². The van der Waals surface area contributed by atoms with Crippen molar-refractivity contribution < 1.29 is 0 Å². The number of pyridine rings is 1. The first kappa shape index (κ1) is 10.4. The highest BCUT2D eigenvalue weighted by atomic mass is 15.3. The average Bonchev–Trinajstić information content (AvgIpc) is 2.75. The zero-order chi connectivity index (χ0) is 11.8. The molecule has 0 bridgehead atoms. The van der Waals surface area contributed by atoms with Gasteiger partial charge in [0.05, 0.1) is 6.04 Å². The first-order valence-electron chi connectivity index (χ1n) is 5.86. The Kier molecular flexibility index (Phi) is 2.40. The molecule has 5 heteroatoms. The highest BCUT2D eigenvalue weighted by Crippen LogP contribution is 2.24. The molecule has 0 spiro atoms. The van der Waals surface area contributed by atoms with Gasteiger partial charge in [-0.3, -0.25) is 4.98 Å². The Morgan fingerprint density at radius 2 is 2.29 bits per heavy atom. The summed E-state index contributed by atoms with van der Waals surface area (Å²) in [5.41, 5.74) is 2.06. The Morgan fingerprint density at radius 1 is 1.41 bits per heavy atom. The van der Waals surface area contributed by atoms with E-state index in [1.54, 1.807) is 6.20 Å². The lowest BCUT2D eigenvalue weighted by atomic mass is 10.2. The molecule has 1 aliphatic heterocycles. The van der Waals surface area contributed by atoms with Gasteiger partial charge in [0.25, 0.3) is 0 Å². The molecular formula is C12H15N5. The molecule has 88 valence electrons. The van der Waals surface area contributed by atoms with Crippen molar-refractivity contribution in [1.29, 1.82) is 0 Å². The molecule has 0 fully saturated rings. The van der Waals surface area contributed by atoms with Crippen molar-refractivity contribution in [3.63, 3.8) is 0 Å². The molecule has 3 rings (SSSR count). The lowest BCUT2D eigenvalue weighted by Gasteiger charge is -2.22. The highest BCUT2D eigenvalue weighted by molar-refractivity contribution is 5.58. The molecular weight excluding hydrogens is 214 g/mol. The Labute approximate surface area is 99.9 Å². The first-order chi connectivity index (χ1) is 8.27. The maximum Gasteiger partial charge on any atom is 0.165 e. The number of aryl methyl sites for hydroxylation is 1. The van der Waals surface area contributed by atoms with Crippen LogP contribution in [0.3, 0.4) is 0 Å². The molecule has 0 aliphatic carbocycles. The van der Waals surface area contributed by atoms with E-state index < -0.39 is 0 Å². The molecule has 1 atom stereocenters. The van der Waals surface area contributed by atoms with Crippen molar-refractivity contribution in [2.75, 3.05) is 6.54 Å². The van der Waals surface area contributed by atoms with E-state index in [9.17, 15) is 0 Å². The summed E-state index contributed by atoms with van der Waals surface area (Å²) in [4.78, 5) is 4.31. The van der Waals surface area contributed by atoms with Crippen LogP contribution in [0.25, 0.3) is 11.4 Å². The number of nitrogens with zero attached hydrogens (tertiary/aromatic N) is 4. The van der Waals surface area contributed by atoms with Crippen LogP contribution in [-0.2, 0) is 6.54 Å². The van der Waals surface area contributed by atoms with Gasteiger partial charge in [-0.15, -0.1) is 10.2 Å². The summed E-state index contributed by atoms with van der Waals surface area (Å²) >= 11 is 0. The van der Waals surface area contributed by atoms with E-state index in [1.807, 2.05) is 19.1 Å². The summed E-state index contributed by atoms with van der Waals surface area (Å²) in [5, 5.41) is 12.0. The van der Waals surface area contributed by atoms with Gasteiger partial charge in [-0.2, -0.15) is 0 Å². The second-order valence-corrected chi connectivity index (χ2v) is 4.35. The molecule has 0 saturated carbocycles. The van der Waals surface area contributed by atoms with Gasteiger partial charge in [-0.05, 0) is 26.0 Å². The maximum absolute atomic E-state index is 4.31. The fourth-order valence-corrected chi connectivity index (χ4v) is 2.26. The summed E-state index contributed by atoms with van der Waals surface area (Å²) < 4.78 is 2.19. The van der Waals surface area contributed by atoms with Gasteiger partial charge in [0, 0.05) is 30.5 Å². The van der Waals surface area contributed by atoms with Crippen molar-refractivity contribution in [2.45, 2.75) is 26.4 Å². The number of nitrogens with one attached hydrogen (secondary N) is 1. The van der Waals surface area contributed by atoms with Crippen molar-refractivity contribution in [3.05, 3.63) is 29.8 Å². The lowest BCUT2D eigenvalue weighted by Crippen LogP contribution is -2.32. The van der Waals surface area contributed by atoms with E-state index in [1.165, 1.54) is 0 Å². The second kappa shape index (κ2) is 3.92. The number of fused-ring (bicyclic) bond motifs is 1. The summed E-state index contributed by atoms with van der Waals surface area (Å²) in [5.74, 6) is 1.94. The van der Waals surface area contributed by atoms with Crippen LogP contribution in [-0.4, -0.2) is 26.3 Å². The molecule has 17 heavy (non-hydrogen) atoms. The summed E-state index contributed by atoms with van der Waals surface area (Å²) in [6, 6.07) is 4.25. The van der Waals surface area contributed by atoms with Gasteiger partial charge >= 0.3 is 0 Å². The van der Waals surface area contributed by atoms with Crippen LogP contribution in [0, 0.1) is 6.92 Å². The van der Waals surface area contributed by atoms with Crippen LogP contribution in [0.2, 0.25) is 0 Å². The summed E-state index contributed by atoms with van der Waals surface area (Å²) in [6.45, 7) is 5.98. The molecule has 0 aromatic carbocycles. The standard InChI is InChI=1S/C12H15N5/c1-8-10(4-3-5-13-8)12-16-15-11-9(2)14-6-7-17(11)12/h3-5,9,14H,6-7H2,1-2H3. The van der Waals surface area contributed by atoms with Crippen LogP contribution >= 0.6 is 0 Å². The van der Waals surface area contributed by atoms with E-state index in [2.05, 4.69) is 32.0 Å². The van der Waals surface area contributed by atoms with Gasteiger partial charge < -0.3 is 9.88 Å². The minimum absolute atomic E-state index is 0.266. The van der Waals surface area contributed by atoms with E-state index >= 15 is 0 Å². The van der Waals surface area contributed by atoms with Gasteiger partial charge in [-0.1, -0.05) is 0 Å². The molecule has 3 heterocycles. The molecule has 2 aromatic heterocycles. The van der Waals surface area contributed by atoms with Crippen LogP contribution in [0.15, 0.2) is 18.3 Å². The molecule has 0 saturated heterocycles. The normalized spacial score (nSPS) is 19.1. The summed E-state index contributed by atoms with van der Waals surface area (Å²) in [7, 11) is 0. The third-order valence-electron chi connectivity index (χ3n) is 3.20. The fraction of sp³-hybridized carbons (Fsp3) is 0.417. The van der Waals surface area contributed by atoms with Crippen molar-refractivity contribution >= 4 is 0 Å². The zero-order valence-electron chi connectivity index (χ0n) is 10.0. The van der Waals surface area contributed by atoms with Crippen molar-refractivity contribution in [1.82, 2.24) is 25.1 Å². The molecule has 5 nitrogen and oxygen atoms in total. The third kappa shape index (κ3) is 1.63. The molecule has 0 radical (unpaired) electrons. The van der Waals surface area contributed by atoms with Gasteiger partial charge in [0.1, 0.15) is 5.82 Å². The largest absolute Gasteiger partial charge is 0.308 e. The van der Waals surface area contributed by atoms with E-state index in [4.69, 9.17) is 0 Å². The maximum atomic E-state index is 4.31. The van der Waals surface area contributed by atoms with Crippen LogP contribution in [0.1, 0.15) is 24.5 Å². The monoisotopic (exact) mass is 229 g/mol. The number of hydrogen-bond acceptors (Lipinski definition) is 4. The van der Waals surface area contributed by atoms with Crippen LogP contribution in [0.4, 0.5) is 0 Å². The summed E-state index contributed by atoms with van der Waals surface area (Å²) in [6.07, 6.45) is 1.80. The van der Waals surface area contributed by atoms with E-state index in [0.29, 0.717) is 0 Å². The number of hydrogen-bond donors (Lipinski definition) is 1. The fourth-order valence-electron chi connectivity index (χ4n) is 2.26. The predicted molar refractivity (Wildman–Crippen MR) is 64.4 cm³/mol. The average molecular weight is 229 g/mol. The minimum Gasteiger partial charge on any atom is -0.308 e. The second-order valence-electron chi connectivity index (χ2n) is 4.35. The molecule has 1 N–H and O–H groups in total. The Bertz CT molecular complexity index is 546. The predicted octanol–water partition coefficient (Wildman–Crippen LogP) is 1.31. The Hall–Kier alpha value is -1.75. The van der Waals surface area contributed by atoms with Crippen molar-refractivity contribution in [2.24, 2.45) is 0 Å². The van der Waals surface area contributed by atoms with E-state index in [-0.39, 0.29) is 6.04 Å². The van der Waals surface area contributed by atoms with Gasteiger partial charge in [0.15, 0.2) is 5.82 Å². The smallest absolute Gasteiger partial charge is 0.165 e. The number of aromatic nitrogens is 4. The van der Waals surface area contributed by atoms with Crippen molar-refractivity contribution in [3.8, 4) is 11.4 Å². The number of rotatable bonds is 1. The minimum atomic E-state index is 0.266. The third-order valence-corrected chi connectivity index (χ3v) is 3.20. The molecule has 1 aliphatic rings. The lowest BCUT2D eigenvalue weighted by molar-refractivity contribution is 0.439. The van der Waals surface area contributed by atoms with Gasteiger partial charge in [-0.25, -0.2) is 0 Å². The highest BCUT2D eigenvalue weighted by Gasteiger charge is 2.22. The zero-order valence-corrected chi connectivity index (χ0v) is 10.0. The van der Waals surface area contributed by atoms with E-state index in [0.717, 1.165) is 36.0 Å².